The molecule has 6 nitrogen and oxygen atoms in total. The number of carbonyl (C=O) groups excluding carboxylic acids is 2. The molecule has 1 amide bonds. The topological polar surface area (TPSA) is 90.3 Å². The van der Waals surface area contributed by atoms with Gasteiger partial charge in [0.1, 0.15) is 5.76 Å². The smallest absolute Gasteiger partial charge is 0.298 e. The van der Waals surface area contributed by atoms with Crippen LogP contribution in [0.25, 0.3) is 22.2 Å². The van der Waals surface area contributed by atoms with Crippen molar-refractivity contribution in [3.8, 4) is 11.3 Å². The van der Waals surface area contributed by atoms with Gasteiger partial charge in [-0.15, -0.1) is 0 Å². The van der Waals surface area contributed by atoms with Crippen molar-refractivity contribution in [3.63, 3.8) is 0 Å². The van der Waals surface area contributed by atoms with E-state index in [2.05, 4.69) is 21.4 Å². The molecule has 28 heavy (non-hydrogen) atoms. The number of nitrogen functional groups attached to an aromatic ring is 1. The number of carbonyl (C=O) groups is 2. The average Bonchev–Trinajstić information content (AvgIpc) is 3.32. The maximum absolute atomic E-state index is 13.0. The lowest BCUT2D eigenvalue weighted by Gasteiger charge is -2.03. The van der Waals surface area contributed by atoms with Gasteiger partial charge in [-0.1, -0.05) is 45.7 Å². The average molecular weight is 459 g/mol. The predicted octanol–water partition coefficient (Wildman–Crippen LogP) is 4.61. The molecule has 0 fully saturated rings. The Bertz CT molecular complexity index is 1230. The Morgan fingerprint density at radius 3 is 2.64 bits per heavy atom. The number of halogens is 2. The normalized spacial score (nSPS) is 11.0. The number of hydrazine groups is 1. The second-order valence-corrected chi connectivity index (χ2v) is 7.32. The Kier molecular flexibility index (Phi) is 4.80. The second kappa shape index (κ2) is 7.27. The summed E-state index contributed by atoms with van der Waals surface area (Å²) in [7, 11) is 0. The molecule has 2 aromatic heterocycles. The molecule has 0 aliphatic heterocycles. The molecule has 8 heteroatoms. The fourth-order valence-corrected chi connectivity index (χ4v) is 3.78. The third-order valence-corrected chi connectivity index (χ3v) is 5.13. The molecule has 0 unspecified atom stereocenters. The van der Waals surface area contributed by atoms with Crippen LogP contribution in [0, 0.1) is 0 Å². The monoisotopic (exact) mass is 457 g/mol. The molecule has 0 saturated carbocycles. The zero-order valence-corrected chi connectivity index (χ0v) is 16.6. The van der Waals surface area contributed by atoms with Crippen LogP contribution >= 0.6 is 27.5 Å². The number of aromatic nitrogens is 1. The van der Waals surface area contributed by atoms with Gasteiger partial charge in [0, 0.05) is 21.6 Å². The number of nitrogens with zero attached hydrogens (tertiary/aromatic N) is 1. The van der Waals surface area contributed by atoms with Crippen molar-refractivity contribution < 1.29 is 14.0 Å². The maximum atomic E-state index is 13.0. The summed E-state index contributed by atoms with van der Waals surface area (Å²) in [6.07, 6.45) is 1.45. The van der Waals surface area contributed by atoms with E-state index in [0.717, 1.165) is 4.47 Å². The molecular weight excluding hydrogens is 446 g/mol. The number of nitrogens with two attached hydrogens (primary N) is 1. The summed E-state index contributed by atoms with van der Waals surface area (Å²) < 4.78 is 7.96. The molecule has 0 bridgehead atoms. The summed E-state index contributed by atoms with van der Waals surface area (Å²) >= 11 is 9.62. The number of nitrogens with one attached hydrogen (secondary N) is 1. The largest absolute Gasteiger partial charge is 0.451 e. The first-order chi connectivity index (χ1) is 13.5. The lowest BCUT2D eigenvalue weighted by atomic mass is 10.2. The highest BCUT2D eigenvalue weighted by Crippen LogP contribution is 2.32. The third-order valence-electron chi connectivity index (χ3n) is 4.32. The molecule has 3 N–H and O–H groups in total. The fraction of sp³-hybridized carbons (Fsp3) is 0. The summed E-state index contributed by atoms with van der Waals surface area (Å²) in [4.78, 5) is 25.1. The van der Waals surface area contributed by atoms with Crippen LogP contribution in [0.5, 0.6) is 0 Å². The van der Waals surface area contributed by atoms with Crippen molar-refractivity contribution in [2.75, 3.05) is 0 Å². The van der Waals surface area contributed by atoms with Crippen molar-refractivity contribution in [2.45, 2.75) is 0 Å². The third kappa shape index (κ3) is 3.13. The van der Waals surface area contributed by atoms with E-state index in [9.17, 15) is 9.59 Å². The Labute approximate surface area is 173 Å². The molecule has 4 aromatic rings. The molecule has 0 saturated heterocycles. The Hall–Kier alpha value is -2.87. The summed E-state index contributed by atoms with van der Waals surface area (Å²) in [6, 6.07) is 15.7. The highest BCUT2D eigenvalue weighted by molar-refractivity contribution is 9.10. The van der Waals surface area contributed by atoms with Crippen LogP contribution in [0.3, 0.4) is 0 Å². The zero-order valence-electron chi connectivity index (χ0n) is 14.3. The summed E-state index contributed by atoms with van der Waals surface area (Å²) in [5, 5.41) is 1.11. The molecule has 0 spiro atoms. The Balaban J connectivity index is 1.77. The van der Waals surface area contributed by atoms with Gasteiger partial charge in [0.2, 0.25) is 0 Å². The highest BCUT2D eigenvalue weighted by atomic mass is 79.9. The van der Waals surface area contributed by atoms with Crippen LogP contribution in [-0.4, -0.2) is 16.4 Å². The summed E-state index contributed by atoms with van der Waals surface area (Å²) in [5.41, 5.74) is 3.64. The predicted molar refractivity (Wildman–Crippen MR) is 110 cm³/mol. The molecule has 4 rings (SSSR count). The SMILES string of the molecule is NNC(=O)c1cn(C(=O)c2ccc(-c3ccc(Br)cc3Cl)o2)c2ccccc12. The second-order valence-electron chi connectivity index (χ2n) is 6.00. The lowest BCUT2D eigenvalue weighted by molar-refractivity contribution is 0.0938. The van der Waals surface area contributed by atoms with Gasteiger partial charge in [-0.25, -0.2) is 5.84 Å². The van der Waals surface area contributed by atoms with Gasteiger partial charge < -0.3 is 4.42 Å². The minimum absolute atomic E-state index is 0.120. The first-order valence-corrected chi connectivity index (χ1v) is 9.37. The first kappa shape index (κ1) is 18.5. The van der Waals surface area contributed by atoms with E-state index in [1.54, 1.807) is 48.5 Å². The van der Waals surface area contributed by atoms with Crippen LogP contribution in [0.2, 0.25) is 5.02 Å². The van der Waals surface area contributed by atoms with Crippen molar-refractivity contribution >= 4 is 50.2 Å². The molecule has 0 atom stereocenters. The van der Waals surface area contributed by atoms with Crippen LogP contribution in [0.4, 0.5) is 0 Å². The number of rotatable bonds is 3. The fourth-order valence-electron chi connectivity index (χ4n) is 3.01. The van der Waals surface area contributed by atoms with Gasteiger partial charge in [0.25, 0.3) is 11.8 Å². The van der Waals surface area contributed by atoms with E-state index in [1.165, 1.54) is 10.8 Å². The number of fused-ring (bicyclic) bond motifs is 1. The van der Waals surface area contributed by atoms with Gasteiger partial charge >= 0.3 is 0 Å². The zero-order chi connectivity index (χ0) is 19.8. The quantitative estimate of drug-likeness (QED) is 0.266. The van der Waals surface area contributed by atoms with Gasteiger partial charge in [0.15, 0.2) is 5.76 Å². The molecule has 2 aromatic carbocycles. The maximum Gasteiger partial charge on any atom is 0.298 e. The summed E-state index contributed by atoms with van der Waals surface area (Å²) in [5.74, 6) is 4.95. The van der Waals surface area contributed by atoms with E-state index in [0.29, 0.717) is 32.8 Å². The number of benzene rings is 2. The van der Waals surface area contributed by atoms with Gasteiger partial charge in [-0.2, -0.15) is 0 Å². The van der Waals surface area contributed by atoms with E-state index < -0.39 is 11.8 Å². The Morgan fingerprint density at radius 1 is 1.11 bits per heavy atom. The molecule has 2 heterocycles. The van der Waals surface area contributed by atoms with Crippen LogP contribution in [0.15, 0.2) is 69.7 Å². The standard InChI is InChI=1S/C20H13BrClN3O3/c21-11-5-6-13(15(22)9-11)17-7-8-18(28-17)20(27)25-10-14(19(26)24-23)12-3-1-2-4-16(12)25/h1-10H,23H2,(H,24,26). The van der Waals surface area contributed by atoms with Crippen LogP contribution in [-0.2, 0) is 0 Å². The molecule has 0 radical (unpaired) electrons. The van der Waals surface area contributed by atoms with Gasteiger partial charge in [0.05, 0.1) is 16.1 Å². The minimum Gasteiger partial charge on any atom is -0.451 e. The number of hydrogen-bond donors (Lipinski definition) is 2. The highest BCUT2D eigenvalue weighted by Gasteiger charge is 2.21. The summed E-state index contributed by atoms with van der Waals surface area (Å²) in [6.45, 7) is 0. The Morgan fingerprint density at radius 2 is 1.89 bits per heavy atom. The van der Waals surface area contributed by atoms with Crippen molar-refractivity contribution in [2.24, 2.45) is 5.84 Å². The first-order valence-electron chi connectivity index (χ1n) is 8.20. The van der Waals surface area contributed by atoms with Crippen LogP contribution in [0.1, 0.15) is 20.9 Å². The van der Waals surface area contributed by atoms with E-state index >= 15 is 0 Å². The van der Waals surface area contributed by atoms with Crippen molar-refractivity contribution in [3.05, 3.63) is 81.6 Å². The van der Waals surface area contributed by atoms with Gasteiger partial charge in [-0.3, -0.25) is 19.6 Å². The number of amides is 1. The molecule has 0 aliphatic carbocycles. The number of hydrogen-bond acceptors (Lipinski definition) is 4. The van der Waals surface area contributed by atoms with Crippen molar-refractivity contribution in [1.29, 1.82) is 0 Å². The lowest BCUT2D eigenvalue weighted by Crippen LogP contribution is -2.29. The van der Waals surface area contributed by atoms with E-state index in [-0.39, 0.29) is 5.76 Å². The molecular formula is C20H13BrClN3O3. The van der Waals surface area contributed by atoms with Gasteiger partial charge in [-0.05, 0) is 36.4 Å². The minimum atomic E-state index is -0.482. The molecule has 0 aliphatic rings. The molecule has 140 valence electrons. The van der Waals surface area contributed by atoms with E-state index in [1.807, 2.05) is 6.07 Å². The van der Waals surface area contributed by atoms with E-state index in [4.69, 9.17) is 21.9 Å². The number of furan rings is 1. The van der Waals surface area contributed by atoms with Crippen LogP contribution < -0.4 is 11.3 Å². The van der Waals surface area contributed by atoms with Crippen molar-refractivity contribution in [1.82, 2.24) is 9.99 Å². The number of para-hydroxylation sites is 1.